The molecule has 0 aliphatic heterocycles. The third-order valence-electron chi connectivity index (χ3n) is 3.05. The minimum absolute atomic E-state index is 0.142. The van der Waals surface area contributed by atoms with Gasteiger partial charge in [0.25, 0.3) is 0 Å². The van der Waals surface area contributed by atoms with Gasteiger partial charge in [0.15, 0.2) is 0 Å². The van der Waals surface area contributed by atoms with Gasteiger partial charge < -0.3 is 10.1 Å². The molecule has 3 nitrogen and oxygen atoms in total. The smallest absolute Gasteiger partial charge is 0.116 e. The number of methoxy groups -OCH3 is 1. The summed E-state index contributed by atoms with van der Waals surface area (Å²) in [5, 5.41) is 6.79. The highest BCUT2D eigenvalue weighted by atomic mass is 79.9. The van der Waals surface area contributed by atoms with Crippen LogP contribution in [0.5, 0.6) is 0 Å². The van der Waals surface area contributed by atoms with Crippen molar-refractivity contribution in [3.8, 4) is 0 Å². The van der Waals surface area contributed by atoms with Crippen LogP contribution in [-0.2, 0) is 11.2 Å². The summed E-state index contributed by atoms with van der Waals surface area (Å²) in [6, 6.07) is 2.23. The number of hydrogen-bond donors (Lipinski definition) is 1. The summed E-state index contributed by atoms with van der Waals surface area (Å²) in [7, 11) is 1.72. The molecule has 0 radical (unpaired) electrons. The van der Waals surface area contributed by atoms with E-state index in [0.717, 1.165) is 22.4 Å². The van der Waals surface area contributed by atoms with Gasteiger partial charge >= 0.3 is 0 Å². The molecule has 0 fully saturated rings. The molecule has 0 aliphatic rings. The van der Waals surface area contributed by atoms with Gasteiger partial charge in [-0.1, -0.05) is 6.92 Å². The lowest BCUT2D eigenvalue weighted by atomic mass is 10.2. The summed E-state index contributed by atoms with van der Waals surface area (Å²) < 4.78 is 6.28. The molecule has 0 aromatic carbocycles. The molecular formula is C14H19BrN2OS2. The third-order valence-corrected chi connectivity index (χ3v) is 6.07. The zero-order valence-corrected chi connectivity index (χ0v) is 15.1. The Labute approximate surface area is 136 Å². The van der Waals surface area contributed by atoms with E-state index < -0.39 is 0 Å². The van der Waals surface area contributed by atoms with Gasteiger partial charge in [-0.15, -0.1) is 22.7 Å². The van der Waals surface area contributed by atoms with Crippen LogP contribution in [0.3, 0.4) is 0 Å². The molecule has 0 saturated carbocycles. The average molecular weight is 375 g/mol. The van der Waals surface area contributed by atoms with Crippen LogP contribution in [0.1, 0.15) is 33.4 Å². The van der Waals surface area contributed by atoms with Crippen LogP contribution in [-0.4, -0.2) is 25.2 Å². The first-order valence-corrected chi connectivity index (χ1v) is 9.07. The Kier molecular flexibility index (Phi) is 6.17. The number of aromatic nitrogens is 1. The summed E-state index contributed by atoms with van der Waals surface area (Å²) in [4.78, 5) is 7.39. The Morgan fingerprint density at radius 3 is 2.85 bits per heavy atom. The molecule has 0 aliphatic carbocycles. The molecule has 6 heteroatoms. The highest BCUT2D eigenvalue weighted by Gasteiger charge is 2.22. The van der Waals surface area contributed by atoms with Crippen molar-refractivity contribution in [2.45, 2.75) is 26.3 Å². The highest BCUT2D eigenvalue weighted by molar-refractivity contribution is 9.10. The summed E-state index contributed by atoms with van der Waals surface area (Å²) in [6.45, 7) is 5.81. The zero-order chi connectivity index (χ0) is 14.5. The molecule has 2 aromatic rings. The predicted molar refractivity (Wildman–Crippen MR) is 90.0 cm³/mol. The van der Waals surface area contributed by atoms with Gasteiger partial charge in [0, 0.05) is 27.9 Å². The van der Waals surface area contributed by atoms with Crippen molar-refractivity contribution < 1.29 is 4.74 Å². The van der Waals surface area contributed by atoms with Crippen molar-refractivity contribution in [1.29, 1.82) is 0 Å². The minimum Gasteiger partial charge on any atom is -0.383 e. The quantitative estimate of drug-likeness (QED) is 0.738. The molecule has 110 valence electrons. The topological polar surface area (TPSA) is 34.2 Å². The van der Waals surface area contributed by atoms with E-state index in [1.807, 2.05) is 0 Å². The van der Waals surface area contributed by atoms with Crippen molar-refractivity contribution in [2.75, 3.05) is 20.3 Å². The lowest BCUT2D eigenvalue weighted by Crippen LogP contribution is -2.25. The van der Waals surface area contributed by atoms with Crippen LogP contribution >= 0.6 is 38.6 Å². The molecule has 0 amide bonds. The number of halogens is 1. The number of rotatable bonds is 7. The maximum absolute atomic E-state index is 5.14. The van der Waals surface area contributed by atoms with Gasteiger partial charge in [-0.2, -0.15) is 0 Å². The maximum atomic E-state index is 5.14. The normalized spacial score (nSPS) is 12.8. The van der Waals surface area contributed by atoms with Gasteiger partial charge in [0.1, 0.15) is 5.01 Å². The molecule has 1 unspecified atom stereocenters. The fourth-order valence-electron chi connectivity index (χ4n) is 2.01. The number of thiazole rings is 1. The van der Waals surface area contributed by atoms with E-state index >= 15 is 0 Å². The zero-order valence-electron chi connectivity index (χ0n) is 11.9. The molecule has 20 heavy (non-hydrogen) atoms. The van der Waals surface area contributed by atoms with Crippen LogP contribution in [0.15, 0.2) is 15.9 Å². The molecule has 0 spiro atoms. The Bertz CT molecular complexity index is 553. The predicted octanol–water partition coefficient (Wildman–Crippen LogP) is 4.16. The second-order valence-corrected chi connectivity index (χ2v) is 7.46. The minimum atomic E-state index is 0.142. The standard InChI is InChI=1S/C14H19BrN2OS2/c1-4-11-9(2)20-14(17-11)12(16-6-7-18-3)13-10(15)5-8-19-13/h5,8,12,16H,4,6-7H2,1-3H3. The molecule has 2 heterocycles. The molecular weight excluding hydrogens is 356 g/mol. The lowest BCUT2D eigenvalue weighted by Gasteiger charge is -2.15. The number of ether oxygens (including phenoxy) is 1. The van der Waals surface area contributed by atoms with Crippen LogP contribution in [0.2, 0.25) is 0 Å². The second kappa shape index (κ2) is 7.66. The first kappa shape index (κ1) is 16.1. The average Bonchev–Trinajstić information content (AvgIpc) is 3.01. The summed E-state index contributed by atoms with van der Waals surface area (Å²) >= 11 is 7.16. The van der Waals surface area contributed by atoms with Gasteiger partial charge in [0.2, 0.25) is 0 Å². The Hall–Kier alpha value is -0.270. The van der Waals surface area contributed by atoms with Crippen LogP contribution < -0.4 is 5.32 Å². The Morgan fingerprint density at radius 1 is 1.50 bits per heavy atom. The van der Waals surface area contributed by atoms with Crippen molar-refractivity contribution >= 4 is 38.6 Å². The first-order valence-electron chi connectivity index (χ1n) is 6.58. The van der Waals surface area contributed by atoms with E-state index in [-0.39, 0.29) is 6.04 Å². The van der Waals surface area contributed by atoms with Gasteiger partial charge in [0.05, 0.1) is 18.3 Å². The second-order valence-electron chi connectivity index (χ2n) is 4.42. The van der Waals surface area contributed by atoms with E-state index in [2.05, 4.69) is 46.5 Å². The van der Waals surface area contributed by atoms with Crippen molar-refractivity contribution in [2.24, 2.45) is 0 Å². The van der Waals surface area contributed by atoms with Gasteiger partial charge in [-0.3, -0.25) is 0 Å². The lowest BCUT2D eigenvalue weighted by molar-refractivity contribution is 0.197. The number of thiophene rings is 1. The number of nitrogens with one attached hydrogen (secondary N) is 1. The summed E-state index contributed by atoms with van der Waals surface area (Å²) in [5.41, 5.74) is 1.20. The van der Waals surface area contributed by atoms with E-state index in [9.17, 15) is 0 Å². The molecule has 2 aromatic heterocycles. The fraction of sp³-hybridized carbons (Fsp3) is 0.500. The van der Waals surface area contributed by atoms with Crippen LogP contribution in [0.4, 0.5) is 0 Å². The Morgan fingerprint density at radius 2 is 2.30 bits per heavy atom. The third kappa shape index (κ3) is 3.68. The summed E-state index contributed by atoms with van der Waals surface area (Å²) in [5.74, 6) is 0. The highest BCUT2D eigenvalue weighted by Crippen LogP contribution is 2.35. The first-order chi connectivity index (χ1) is 9.67. The fourth-order valence-corrected chi connectivity index (χ4v) is 4.86. The largest absolute Gasteiger partial charge is 0.383 e. The van der Waals surface area contributed by atoms with E-state index in [1.54, 1.807) is 29.8 Å². The van der Waals surface area contributed by atoms with Crippen LogP contribution in [0.25, 0.3) is 0 Å². The SMILES string of the molecule is CCc1nc(C(NCCOC)c2sccc2Br)sc1C. The molecule has 1 N–H and O–H groups in total. The van der Waals surface area contributed by atoms with E-state index in [0.29, 0.717) is 6.61 Å². The van der Waals surface area contributed by atoms with Crippen molar-refractivity contribution in [3.05, 3.63) is 36.4 Å². The number of hydrogen-bond acceptors (Lipinski definition) is 5. The summed E-state index contributed by atoms with van der Waals surface area (Å²) in [6.07, 6.45) is 0.985. The molecule has 2 rings (SSSR count). The number of aryl methyl sites for hydroxylation is 2. The number of nitrogens with zero attached hydrogens (tertiary/aromatic N) is 1. The molecule has 0 bridgehead atoms. The Balaban J connectivity index is 2.27. The van der Waals surface area contributed by atoms with Crippen molar-refractivity contribution in [3.63, 3.8) is 0 Å². The van der Waals surface area contributed by atoms with E-state index in [4.69, 9.17) is 9.72 Å². The molecule has 0 saturated heterocycles. The van der Waals surface area contributed by atoms with Crippen molar-refractivity contribution in [1.82, 2.24) is 10.3 Å². The van der Waals surface area contributed by atoms with E-state index in [1.165, 1.54) is 15.4 Å². The maximum Gasteiger partial charge on any atom is 0.116 e. The van der Waals surface area contributed by atoms with Gasteiger partial charge in [-0.05, 0) is 40.7 Å². The van der Waals surface area contributed by atoms with Crippen LogP contribution in [0, 0.1) is 6.92 Å². The monoisotopic (exact) mass is 374 g/mol. The van der Waals surface area contributed by atoms with Gasteiger partial charge in [-0.25, -0.2) is 4.98 Å². The molecule has 1 atom stereocenters.